The molecule has 1 N–H and O–H groups in total. The number of aliphatic carboxylic acids is 1. The van der Waals surface area contributed by atoms with Gasteiger partial charge in [-0.3, -0.25) is 4.79 Å². The van der Waals surface area contributed by atoms with Crippen LogP contribution in [-0.2, 0) is 4.79 Å². The Bertz CT molecular complexity index is 532. The highest BCUT2D eigenvalue weighted by atomic mass is 16.4. The summed E-state index contributed by atoms with van der Waals surface area (Å²) < 4.78 is 1.97. The van der Waals surface area contributed by atoms with Crippen molar-refractivity contribution in [2.75, 3.05) is 0 Å². The van der Waals surface area contributed by atoms with Gasteiger partial charge in [0, 0.05) is 12.1 Å². The van der Waals surface area contributed by atoms with Crippen molar-refractivity contribution in [2.24, 2.45) is 5.92 Å². The Morgan fingerprint density at radius 2 is 2.40 bits per heavy atom. The van der Waals surface area contributed by atoms with Gasteiger partial charge in [0.05, 0.1) is 17.6 Å². The summed E-state index contributed by atoms with van der Waals surface area (Å²) in [7, 11) is 0. The summed E-state index contributed by atoms with van der Waals surface area (Å²) in [5.74, 6) is 0.00823. The molecule has 1 saturated carbocycles. The van der Waals surface area contributed by atoms with Crippen LogP contribution in [-0.4, -0.2) is 20.5 Å². The topological polar surface area (TPSA) is 54.6 Å². The first-order valence-corrected chi connectivity index (χ1v) is 4.92. The molecule has 0 saturated heterocycles. The fourth-order valence-corrected chi connectivity index (χ4v) is 1.99. The molecule has 4 heteroatoms. The normalized spacial score (nSPS) is 24.3. The van der Waals surface area contributed by atoms with Crippen molar-refractivity contribution in [3.8, 4) is 0 Å². The second kappa shape index (κ2) is 2.82. The van der Waals surface area contributed by atoms with E-state index in [2.05, 4.69) is 4.98 Å². The zero-order valence-corrected chi connectivity index (χ0v) is 8.00. The number of imidazole rings is 1. The molecule has 0 spiro atoms. The minimum Gasteiger partial charge on any atom is -0.481 e. The van der Waals surface area contributed by atoms with E-state index in [-0.39, 0.29) is 11.8 Å². The molecule has 76 valence electrons. The minimum absolute atomic E-state index is 0.0902. The Morgan fingerprint density at radius 3 is 3.13 bits per heavy atom. The molecule has 0 radical (unpaired) electrons. The molecule has 1 aliphatic carbocycles. The lowest BCUT2D eigenvalue weighted by molar-refractivity contribution is -0.138. The highest BCUT2D eigenvalue weighted by molar-refractivity contribution is 5.75. The predicted octanol–water partition coefficient (Wildman–Crippen LogP) is 1.52. The molecule has 2 heterocycles. The van der Waals surface area contributed by atoms with Crippen LogP contribution in [0.4, 0.5) is 0 Å². The molecule has 4 nitrogen and oxygen atoms in total. The van der Waals surface area contributed by atoms with E-state index in [9.17, 15) is 4.79 Å². The molecule has 0 bridgehead atoms. The number of aromatic nitrogens is 2. The largest absolute Gasteiger partial charge is 0.481 e. The van der Waals surface area contributed by atoms with Gasteiger partial charge in [0.1, 0.15) is 5.82 Å². The molecule has 2 aromatic heterocycles. The smallest absolute Gasteiger partial charge is 0.307 e. The van der Waals surface area contributed by atoms with Gasteiger partial charge in [0.15, 0.2) is 0 Å². The lowest BCUT2D eigenvalue weighted by atomic mass is 10.3. The van der Waals surface area contributed by atoms with Gasteiger partial charge in [0.2, 0.25) is 0 Å². The second-order valence-electron chi connectivity index (χ2n) is 3.90. The fourth-order valence-electron chi connectivity index (χ4n) is 1.99. The Labute approximate surface area is 86.2 Å². The Kier molecular flexibility index (Phi) is 1.59. The van der Waals surface area contributed by atoms with E-state index >= 15 is 0 Å². The number of carboxylic acid groups (broad SMARTS) is 1. The monoisotopic (exact) mass is 202 g/mol. The zero-order chi connectivity index (χ0) is 10.4. The van der Waals surface area contributed by atoms with Gasteiger partial charge in [-0.2, -0.15) is 0 Å². The number of hydrogen-bond donors (Lipinski definition) is 1. The molecular weight excluding hydrogens is 192 g/mol. The fraction of sp³-hybridized carbons (Fsp3) is 0.273. The standard InChI is InChI=1S/C11H10N2O2/c14-11(15)9-5-8(9)10-12-6-7-3-1-2-4-13(7)10/h1-4,6,8-9H,5H2,(H,14,15). The maximum absolute atomic E-state index is 10.8. The minimum atomic E-state index is -0.715. The number of carbonyl (C=O) groups is 1. The van der Waals surface area contributed by atoms with Crippen molar-refractivity contribution in [1.29, 1.82) is 0 Å². The van der Waals surface area contributed by atoms with Crippen LogP contribution < -0.4 is 0 Å². The van der Waals surface area contributed by atoms with E-state index < -0.39 is 5.97 Å². The van der Waals surface area contributed by atoms with Gasteiger partial charge in [-0.1, -0.05) is 6.07 Å². The number of fused-ring (bicyclic) bond motifs is 1. The van der Waals surface area contributed by atoms with E-state index in [1.165, 1.54) is 0 Å². The lowest BCUT2D eigenvalue weighted by Crippen LogP contribution is -2.01. The van der Waals surface area contributed by atoms with E-state index in [4.69, 9.17) is 5.11 Å². The highest BCUT2D eigenvalue weighted by Gasteiger charge is 2.46. The molecule has 2 unspecified atom stereocenters. The van der Waals surface area contributed by atoms with Gasteiger partial charge in [-0.25, -0.2) is 4.98 Å². The van der Waals surface area contributed by atoms with Gasteiger partial charge >= 0.3 is 5.97 Å². The maximum atomic E-state index is 10.8. The van der Waals surface area contributed by atoms with E-state index in [1.807, 2.05) is 28.8 Å². The van der Waals surface area contributed by atoms with Crippen LogP contribution in [0.3, 0.4) is 0 Å². The number of carboxylic acids is 1. The average Bonchev–Trinajstić information content (AvgIpc) is 2.92. The molecular formula is C11H10N2O2. The third-order valence-corrected chi connectivity index (χ3v) is 2.91. The van der Waals surface area contributed by atoms with Crippen LogP contribution in [0.2, 0.25) is 0 Å². The third kappa shape index (κ3) is 1.21. The number of rotatable bonds is 2. The summed E-state index contributed by atoms with van der Waals surface area (Å²) in [6.45, 7) is 0. The van der Waals surface area contributed by atoms with E-state index in [0.29, 0.717) is 6.42 Å². The first-order chi connectivity index (χ1) is 7.27. The number of hydrogen-bond acceptors (Lipinski definition) is 2. The molecule has 2 atom stereocenters. The van der Waals surface area contributed by atoms with Gasteiger partial charge < -0.3 is 9.51 Å². The summed E-state index contributed by atoms with van der Waals surface area (Å²) >= 11 is 0. The van der Waals surface area contributed by atoms with Crippen LogP contribution in [0.25, 0.3) is 5.52 Å². The van der Waals surface area contributed by atoms with Crippen molar-refractivity contribution in [1.82, 2.24) is 9.38 Å². The zero-order valence-electron chi connectivity index (χ0n) is 8.00. The van der Waals surface area contributed by atoms with Crippen LogP contribution in [0.5, 0.6) is 0 Å². The number of pyridine rings is 1. The van der Waals surface area contributed by atoms with Crippen molar-refractivity contribution in [3.63, 3.8) is 0 Å². The predicted molar refractivity (Wildman–Crippen MR) is 53.7 cm³/mol. The first-order valence-electron chi connectivity index (χ1n) is 4.92. The number of nitrogens with zero attached hydrogens (tertiary/aromatic N) is 2. The van der Waals surface area contributed by atoms with Crippen LogP contribution in [0.1, 0.15) is 18.2 Å². The van der Waals surface area contributed by atoms with Crippen molar-refractivity contribution >= 4 is 11.5 Å². The van der Waals surface area contributed by atoms with E-state index in [0.717, 1.165) is 11.3 Å². The molecule has 0 aliphatic heterocycles. The van der Waals surface area contributed by atoms with E-state index in [1.54, 1.807) is 6.20 Å². The summed E-state index contributed by atoms with van der Waals surface area (Å²) in [5, 5.41) is 8.86. The van der Waals surface area contributed by atoms with Crippen molar-refractivity contribution in [2.45, 2.75) is 12.3 Å². The molecule has 2 aromatic rings. The quantitative estimate of drug-likeness (QED) is 0.803. The summed E-state index contributed by atoms with van der Waals surface area (Å²) in [6.07, 6.45) is 4.42. The average molecular weight is 202 g/mol. The van der Waals surface area contributed by atoms with Gasteiger partial charge in [-0.05, 0) is 18.6 Å². The Morgan fingerprint density at radius 1 is 1.53 bits per heavy atom. The second-order valence-corrected chi connectivity index (χ2v) is 3.90. The lowest BCUT2D eigenvalue weighted by Gasteiger charge is -1.98. The molecule has 1 fully saturated rings. The molecule has 0 amide bonds. The summed E-state index contributed by atoms with van der Waals surface area (Å²) in [6, 6.07) is 5.84. The van der Waals surface area contributed by atoms with Gasteiger partial charge in [0.25, 0.3) is 0 Å². The Hall–Kier alpha value is -1.84. The molecule has 3 rings (SSSR count). The molecule has 0 aromatic carbocycles. The Balaban J connectivity index is 2.03. The molecule has 1 aliphatic rings. The molecule has 15 heavy (non-hydrogen) atoms. The van der Waals surface area contributed by atoms with Gasteiger partial charge in [-0.15, -0.1) is 0 Å². The SMILES string of the molecule is O=C(O)C1CC1c1ncc2ccccn12. The van der Waals surface area contributed by atoms with Crippen molar-refractivity contribution in [3.05, 3.63) is 36.4 Å². The van der Waals surface area contributed by atoms with Crippen molar-refractivity contribution < 1.29 is 9.90 Å². The van der Waals surface area contributed by atoms with Crippen LogP contribution >= 0.6 is 0 Å². The summed E-state index contributed by atoms with van der Waals surface area (Å²) in [4.78, 5) is 15.1. The maximum Gasteiger partial charge on any atom is 0.307 e. The highest BCUT2D eigenvalue weighted by Crippen LogP contribution is 2.46. The first kappa shape index (κ1) is 8.47. The van der Waals surface area contributed by atoms with Crippen LogP contribution in [0.15, 0.2) is 30.6 Å². The van der Waals surface area contributed by atoms with Crippen LogP contribution in [0, 0.1) is 5.92 Å². The third-order valence-electron chi connectivity index (χ3n) is 2.91. The summed E-state index contributed by atoms with van der Waals surface area (Å²) in [5.41, 5.74) is 1.02.